The van der Waals surface area contributed by atoms with Crippen molar-refractivity contribution in [1.29, 1.82) is 0 Å². The molecule has 2 heterocycles. The SMILES string of the molecule is CC.CC(CC(O)(C/C(N)=C/c1cc[nH]c(=O)c1)C(F)(F)F)c1cc(Cl)cc2c1OCC2. The molecule has 4 N–H and O–H groups in total. The van der Waals surface area contributed by atoms with E-state index in [0.717, 1.165) is 5.56 Å². The van der Waals surface area contributed by atoms with Gasteiger partial charge in [-0.15, -0.1) is 0 Å². The number of H-pyrrole nitrogens is 1. The Hall–Kier alpha value is -2.45. The Kier molecular flexibility index (Phi) is 8.42. The van der Waals surface area contributed by atoms with Gasteiger partial charge in [-0.1, -0.05) is 32.4 Å². The maximum absolute atomic E-state index is 13.9. The molecule has 5 nitrogen and oxygen atoms in total. The highest BCUT2D eigenvalue weighted by molar-refractivity contribution is 6.30. The van der Waals surface area contributed by atoms with Gasteiger partial charge in [0, 0.05) is 35.8 Å². The Morgan fingerprint density at radius 3 is 2.66 bits per heavy atom. The van der Waals surface area contributed by atoms with Crippen LogP contribution >= 0.6 is 11.6 Å². The molecule has 176 valence electrons. The third-order valence-corrected chi connectivity index (χ3v) is 5.35. The van der Waals surface area contributed by atoms with Gasteiger partial charge in [-0.05, 0) is 53.3 Å². The topological polar surface area (TPSA) is 88.3 Å². The first-order chi connectivity index (χ1) is 15.0. The molecule has 1 aliphatic heterocycles. The fourth-order valence-corrected chi connectivity index (χ4v) is 3.97. The first-order valence-corrected chi connectivity index (χ1v) is 10.8. The van der Waals surface area contributed by atoms with Gasteiger partial charge < -0.3 is 20.6 Å². The first kappa shape index (κ1) is 25.8. The van der Waals surface area contributed by atoms with Crippen LogP contribution in [-0.4, -0.2) is 28.5 Å². The summed E-state index contributed by atoms with van der Waals surface area (Å²) in [7, 11) is 0. The van der Waals surface area contributed by atoms with Crippen molar-refractivity contribution in [3.8, 4) is 5.75 Å². The van der Waals surface area contributed by atoms with E-state index in [1.165, 1.54) is 24.4 Å². The number of nitrogens with one attached hydrogen (secondary N) is 1. The number of benzene rings is 1. The van der Waals surface area contributed by atoms with Gasteiger partial charge in [-0.25, -0.2) is 0 Å². The van der Waals surface area contributed by atoms with Crippen LogP contribution in [-0.2, 0) is 6.42 Å². The zero-order valence-corrected chi connectivity index (χ0v) is 19.0. The van der Waals surface area contributed by atoms with E-state index < -0.39 is 36.1 Å². The van der Waals surface area contributed by atoms with Gasteiger partial charge in [0.15, 0.2) is 5.60 Å². The van der Waals surface area contributed by atoms with E-state index in [9.17, 15) is 23.1 Å². The molecule has 1 aliphatic rings. The standard InChI is InChI=1S/C21H22ClF3N2O3.C2H6/c1-12(17-9-15(22)8-14-3-5-30-19(14)17)10-20(29,21(23,24)25)11-16(26)6-13-2-4-27-18(28)7-13;1-2/h2,4,6-9,12,29H,3,5,10-11,26H2,1H3,(H,27,28);1-2H3/b16-6-;. The molecular weight excluding hydrogens is 445 g/mol. The minimum absolute atomic E-state index is 0.194. The Balaban J connectivity index is 0.00000176. The number of alkyl halides is 3. The second-order valence-electron chi connectivity index (χ2n) is 7.60. The van der Waals surface area contributed by atoms with Gasteiger partial charge in [-0.3, -0.25) is 4.79 Å². The summed E-state index contributed by atoms with van der Waals surface area (Å²) in [4.78, 5) is 13.8. The second-order valence-corrected chi connectivity index (χ2v) is 8.03. The minimum Gasteiger partial charge on any atom is -0.493 e. The third kappa shape index (κ3) is 6.07. The summed E-state index contributed by atoms with van der Waals surface area (Å²) < 4.78 is 47.1. The fraction of sp³-hybridized carbons (Fsp3) is 0.435. The highest BCUT2D eigenvalue weighted by atomic mass is 35.5. The fourth-order valence-electron chi connectivity index (χ4n) is 3.72. The van der Waals surface area contributed by atoms with Crippen molar-refractivity contribution in [3.63, 3.8) is 0 Å². The highest BCUT2D eigenvalue weighted by Crippen LogP contribution is 2.45. The zero-order valence-electron chi connectivity index (χ0n) is 18.2. The van der Waals surface area contributed by atoms with E-state index in [4.69, 9.17) is 22.1 Å². The van der Waals surface area contributed by atoms with Crippen molar-refractivity contribution in [2.24, 2.45) is 5.73 Å². The van der Waals surface area contributed by atoms with Crippen molar-refractivity contribution < 1.29 is 23.0 Å². The number of aromatic amines is 1. The molecule has 2 unspecified atom stereocenters. The molecule has 0 bridgehead atoms. The van der Waals surface area contributed by atoms with Crippen molar-refractivity contribution in [2.45, 2.75) is 57.7 Å². The van der Waals surface area contributed by atoms with Crippen LogP contribution in [0.2, 0.25) is 5.02 Å². The summed E-state index contributed by atoms with van der Waals surface area (Å²) in [5.74, 6) is -0.169. The lowest BCUT2D eigenvalue weighted by atomic mass is 9.82. The highest BCUT2D eigenvalue weighted by Gasteiger charge is 2.54. The number of hydrogen-bond acceptors (Lipinski definition) is 4. The lowest BCUT2D eigenvalue weighted by molar-refractivity contribution is -0.263. The van der Waals surface area contributed by atoms with E-state index in [0.29, 0.717) is 34.9 Å². The Labute approximate surface area is 190 Å². The van der Waals surface area contributed by atoms with Crippen LogP contribution in [0.25, 0.3) is 6.08 Å². The zero-order chi connectivity index (χ0) is 24.1. The number of halogens is 4. The maximum Gasteiger partial charge on any atom is 0.417 e. The number of pyridine rings is 1. The summed E-state index contributed by atoms with van der Waals surface area (Å²) in [6.45, 7) is 6.02. The molecule has 0 spiro atoms. The van der Waals surface area contributed by atoms with E-state index in [1.54, 1.807) is 19.1 Å². The predicted octanol–water partition coefficient (Wildman–Crippen LogP) is 5.17. The molecule has 2 atom stereocenters. The Bertz CT molecular complexity index is 1020. The summed E-state index contributed by atoms with van der Waals surface area (Å²) >= 11 is 6.12. The molecule has 0 saturated carbocycles. The van der Waals surface area contributed by atoms with Gasteiger partial charge in [-0.2, -0.15) is 13.2 Å². The van der Waals surface area contributed by atoms with Crippen molar-refractivity contribution in [3.05, 3.63) is 68.2 Å². The number of nitrogens with two attached hydrogens (primary N) is 1. The third-order valence-electron chi connectivity index (χ3n) is 5.13. The Morgan fingerprint density at radius 2 is 2.03 bits per heavy atom. The lowest BCUT2D eigenvalue weighted by Crippen LogP contribution is -2.47. The van der Waals surface area contributed by atoms with Crippen molar-refractivity contribution >= 4 is 17.7 Å². The van der Waals surface area contributed by atoms with E-state index in [-0.39, 0.29) is 5.70 Å². The number of hydrogen-bond donors (Lipinski definition) is 3. The van der Waals surface area contributed by atoms with Crippen LogP contribution < -0.4 is 16.0 Å². The van der Waals surface area contributed by atoms with Gasteiger partial charge in [0.1, 0.15) is 5.75 Å². The van der Waals surface area contributed by atoms with Crippen LogP contribution in [0.3, 0.4) is 0 Å². The minimum atomic E-state index is -4.92. The van der Waals surface area contributed by atoms with Crippen LogP contribution in [0.15, 0.2) is 41.0 Å². The number of ether oxygens (including phenoxy) is 1. The molecule has 0 fully saturated rings. The monoisotopic (exact) mass is 472 g/mol. The number of rotatable bonds is 6. The van der Waals surface area contributed by atoms with Crippen molar-refractivity contribution in [1.82, 2.24) is 4.98 Å². The molecule has 0 amide bonds. The smallest absolute Gasteiger partial charge is 0.417 e. The van der Waals surface area contributed by atoms with Gasteiger partial charge >= 0.3 is 6.18 Å². The van der Waals surface area contributed by atoms with Crippen LogP contribution in [0.4, 0.5) is 13.2 Å². The van der Waals surface area contributed by atoms with Crippen molar-refractivity contribution in [2.75, 3.05) is 6.61 Å². The largest absolute Gasteiger partial charge is 0.493 e. The summed E-state index contributed by atoms with van der Waals surface area (Å²) in [5, 5.41) is 11.0. The maximum atomic E-state index is 13.9. The quantitative estimate of drug-likeness (QED) is 0.541. The van der Waals surface area contributed by atoms with Crippen LogP contribution in [0.1, 0.15) is 56.2 Å². The molecule has 3 rings (SSSR count). The predicted molar refractivity (Wildman–Crippen MR) is 120 cm³/mol. The Morgan fingerprint density at radius 1 is 1.34 bits per heavy atom. The summed E-state index contributed by atoms with van der Waals surface area (Å²) in [6, 6.07) is 6.01. The molecule has 1 aromatic heterocycles. The van der Waals surface area contributed by atoms with E-state index in [1.807, 2.05) is 13.8 Å². The summed E-state index contributed by atoms with van der Waals surface area (Å²) in [5.41, 5.74) is 3.84. The molecule has 2 aromatic rings. The van der Waals surface area contributed by atoms with Crippen LogP contribution in [0, 0.1) is 0 Å². The van der Waals surface area contributed by atoms with E-state index in [2.05, 4.69) is 4.98 Å². The number of aliphatic hydroxyl groups is 1. The van der Waals surface area contributed by atoms with E-state index >= 15 is 0 Å². The molecule has 9 heteroatoms. The average Bonchev–Trinajstić information content (AvgIpc) is 3.16. The first-order valence-electron chi connectivity index (χ1n) is 10.4. The normalized spacial score (nSPS) is 16.3. The molecule has 1 aromatic carbocycles. The number of aromatic nitrogens is 1. The molecule has 0 radical (unpaired) electrons. The summed E-state index contributed by atoms with van der Waals surface area (Å²) in [6.07, 6.45) is -3.15. The molecule has 0 saturated heterocycles. The van der Waals surface area contributed by atoms with Gasteiger partial charge in [0.25, 0.3) is 0 Å². The van der Waals surface area contributed by atoms with Gasteiger partial charge in [0.2, 0.25) is 5.56 Å². The molecule has 32 heavy (non-hydrogen) atoms. The molecular formula is C23H28ClF3N2O3. The number of fused-ring (bicyclic) bond motifs is 1. The average molecular weight is 473 g/mol. The lowest BCUT2D eigenvalue weighted by Gasteiger charge is -2.33. The van der Waals surface area contributed by atoms with Gasteiger partial charge in [0.05, 0.1) is 6.61 Å². The van der Waals surface area contributed by atoms with Crippen LogP contribution in [0.5, 0.6) is 5.75 Å². The second kappa shape index (κ2) is 10.4. The molecule has 0 aliphatic carbocycles.